The monoisotopic (exact) mass is 287 g/mol. The van der Waals surface area contributed by atoms with Gasteiger partial charge in [0.05, 0.1) is 12.7 Å². The first-order valence-electron chi connectivity index (χ1n) is 4.82. The molecular formula is C11H14BrNO3. The van der Waals surface area contributed by atoms with Crippen molar-refractivity contribution in [3.05, 3.63) is 23.8 Å². The number of rotatable bonds is 4. The quantitative estimate of drug-likeness (QED) is 0.832. The molecule has 0 aromatic heterocycles. The van der Waals surface area contributed by atoms with Crippen LogP contribution in [0.4, 0.5) is 0 Å². The molecule has 1 aromatic rings. The molecule has 0 radical (unpaired) electrons. The van der Waals surface area contributed by atoms with Crippen LogP contribution in [0.25, 0.3) is 0 Å². The number of phenols is 1. The Labute approximate surface area is 103 Å². The van der Waals surface area contributed by atoms with Crippen LogP contribution in [0.2, 0.25) is 0 Å². The molecular weight excluding hydrogens is 274 g/mol. The summed E-state index contributed by atoms with van der Waals surface area (Å²) in [4.78, 5) is 11.7. The highest BCUT2D eigenvalue weighted by Crippen LogP contribution is 2.23. The summed E-state index contributed by atoms with van der Waals surface area (Å²) in [5.74, 6) is 0.133. The fourth-order valence-electron chi connectivity index (χ4n) is 1.17. The lowest BCUT2D eigenvalue weighted by atomic mass is 10.1. The zero-order valence-corrected chi connectivity index (χ0v) is 10.7. The van der Waals surface area contributed by atoms with E-state index in [0.29, 0.717) is 11.1 Å². The van der Waals surface area contributed by atoms with Gasteiger partial charge in [0.15, 0.2) is 0 Å². The third kappa shape index (κ3) is 3.13. The topological polar surface area (TPSA) is 58.6 Å². The lowest BCUT2D eigenvalue weighted by Gasteiger charge is -2.12. The minimum Gasteiger partial charge on any atom is -0.507 e. The molecule has 16 heavy (non-hydrogen) atoms. The van der Waals surface area contributed by atoms with Crippen molar-refractivity contribution in [2.75, 3.05) is 12.4 Å². The average Bonchev–Trinajstić information content (AvgIpc) is 2.28. The first-order valence-corrected chi connectivity index (χ1v) is 5.94. The largest absolute Gasteiger partial charge is 0.507 e. The van der Waals surface area contributed by atoms with Gasteiger partial charge in [-0.25, -0.2) is 0 Å². The third-order valence-corrected chi connectivity index (χ3v) is 3.03. The first kappa shape index (κ1) is 12.8. The molecule has 88 valence electrons. The molecule has 0 saturated heterocycles. The van der Waals surface area contributed by atoms with Gasteiger partial charge in [0.25, 0.3) is 5.91 Å². The van der Waals surface area contributed by atoms with Gasteiger partial charge in [0.1, 0.15) is 11.5 Å². The summed E-state index contributed by atoms with van der Waals surface area (Å²) in [5.41, 5.74) is 0.244. The van der Waals surface area contributed by atoms with E-state index in [2.05, 4.69) is 21.2 Å². The normalized spacial score (nSPS) is 11.9. The van der Waals surface area contributed by atoms with E-state index in [-0.39, 0.29) is 23.3 Å². The molecule has 4 nitrogen and oxygen atoms in total. The predicted molar refractivity (Wildman–Crippen MR) is 65.4 cm³/mol. The number of carbonyl (C=O) groups is 1. The van der Waals surface area contributed by atoms with E-state index in [4.69, 9.17) is 4.74 Å². The van der Waals surface area contributed by atoms with Crippen LogP contribution in [0.5, 0.6) is 11.5 Å². The Balaban J connectivity index is 2.84. The number of carbonyl (C=O) groups excluding carboxylic acids is 1. The number of halogens is 1. The number of methoxy groups -OCH3 is 1. The van der Waals surface area contributed by atoms with E-state index < -0.39 is 0 Å². The zero-order chi connectivity index (χ0) is 12.1. The van der Waals surface area contributed by atoms with Gasteiger partial charge >= 0.3 is 0 Å². The fraction of sp³-hybridized carbons (Fsp3) is 0.364. The third-order valence-electron chi connectivity index (χ3n) is 2.06. The molecule has 1 amide bonds. The van der Waals surface area contributed by atoms with Gasteiger partial charge in [0, 0.05) is 17.4 Å². The Morgan fingerprint density at radius 2 is 2.31 bits per heavy atom. The number of hydrogen-bond acceptors (Lipinski definition) is 3. The summed E-state index contributed by atoms with van der Waals surface area (Å²) in [6.45, 7) is 1.87. The number of benzene rings is 1. The van der Waals surface area contributed by atoms with Crippen LogP contribution in [-0.2, 0) is 0 Å². The van der Waals surface area contributed by atoms with Crippen molar-refractivity contribution in [3.63, 3.8) is 0 Å². The van der Waals surface area contributed by atoms with Crippen molar-refractivity contribution in [2.24, 2.45) is 0 Å². The molecule has 2 N–H and O–H groups in total. The van der Waals surface area contributed by atoms with E-state index >= 15 is 0 Å². The molecule has 0 aliphatic heterocycles. The van der Waals surface area contributed by atoms with Crippen LogP contribution in [0, 0.1) is 0 Å². The molecule has 1 atom stereocenters. The molecule has 1 rings (SSSR count). The smallest absolute Gasteiger partial charge is 0.255 e. The molecule has 0 saturated carbocycles. The van der Waals surface area contributed by atoms with Gasteiger partial charge in [-0.1, -0.05) is 15.9 Å². The number of aromatic hydroxyl groups is 1. The Kier molecular flexibility index (Phi) is 4.61. The van der Waals surface area contributed by atoms with Crippen molar-refractivity contribution in [2.45, 2.75) is 13.0 Å². The van der Waals surface area contributed by atoms with Crippen LogP contribution >= 0.6 is 15.9 Å². The highest BCUT2D eigenvalue weighted by molar-refractivity contribution is 9.09. The van der Waals surface area contributed by atoms with Crippen molar-refractivity contribution < 1.29 is 14.6 Å². The number of hydrogen-bond donors (Lipinski definition) is 2. The summed E-state index contributed by atoms with van der Waals surface area (Å²) in [6.07, 6.45) is 0. The molecule has 5 heteroatoms. The van der Waals surface area contributed by atoms with E-state index in [9.17, 15) is 9.90 Å². The van der Waals surface area contributed by atoms with E-state index in [1.165, 1.54) is 19.2 Å². The number of ether oxygens (including phenoxy) is 1. The van der Waals surface area contributed by atoms with Crippen LogP contribution in [-0.4, -0.2) is 29.5 Å². The lowest BCUT2D eigenvalue weighted by Crippen LogP contribution is -2.33. The van der Waals surface area contributed by atoms with Gasteiger partial charge in [-0.15, -0.1) is 0 Å². The number of amides is 1. The van der Waals surface area contributed by atoms with Crippen LogP contribution in [0.15, 0.2) is 18.2 Å². The second kappa shape index (κ2) is 5.75. The highest BCUT2D eigenvalue weighted by atomic mass is 79.9. The maximum absolute atomic E-state index is 11.7. The zero-order valence-electron chi connectivity index (χ0n) is 9.16. The summed E-state index contributed by atoms with van der Waals surface area (Å²) in [7, 11) is 1.50. The minimum atomic E-state index is -0.299. The van der Waals surface area contributed by atoms with E-state index in [1.807, 2.05) is 6.92 Å². The van der Waals surface area contributed by atoms with Gasteiger partial charge < -0.3 is 15.2 Å². The summed E-state index contributed by atoms with van der Waals surface area (Å²) < 4.78 is 4.93. The molecule has 0 fully saturated rings. The second-order valence-corrected chi connectivity index (χ2v) is 4.06. The van der Waals surface area contributed by atoms with E-state index in [0.717, 1.165) is 0 Å². The Morgan fingerprint density at radius 3 is 2.81 bits per heavy atom. The van der Waals surface area contributed by atoms with E-state index in [1.54, 1.807) is 6.07 Å². The maximum Gasteiger partial charge on any atom is 0.255 e. The molecule has 0 aliphatic rings. The highest BCUT2D eigenvalue weighted by Gasteiger charge is 2.13. The molecule has 0 bridgehead atoms. The molecule has 0 aliphatic carbocycles. The molecule has 0 spiro atoms. The number of alkyl halides is 1. The maximum atomic E-state index is 11.7. The average molecular weight is 288 g/mol. The Hall–Kier alpha value is -1.23. The fourth-order valence-corrected chi connectivity index (χ4v) is 1.33. The molecule has 0 heterocycles. The van der Waals surface area contributed by atoms with Crippen LogP contribution in [0.1, 0.15) is 17.3 Å². The van der Waals surface area contributed by atoms with Gasteiger partial charge in [-0.05, 0) is 19.1 Å². The molecule has 1 unspecified atom stereocenters. The van der Waals surface area contributed by atoms with Crippen LogP contribution in [0.3, 0.4) is 0 Å². The SMILES string of the molecule is COc1ccc(C(=O)NC(C)CBr)c(O)c1. The van der Waals surface area contributed by atoms with Crippen molar-refractivity contribution in [3.8, 4) is 11.5 Å². The number of phenolic OH excluding ortho intramolecular Hbond substituents is 1. The summed E-state index contributed by atoms with van der Waals surface area (Å²) >= 11 is 3.26. The second-order valence-electron chi connectivity index (χ2n) is 3.41. The minimum absolute atomic E-state index is 0.00833. The van der Waals surface area contributed by atoms with Gasteiger partial charge in [-0.3, -0.25) is 4.79 Å². The van der Waals surface area contributed by atoms with Crippen LogP contribution < -0.4 is 10.1 Å². The standard InChI is InChI=1S/C11H14BrNO3/c1-7(6-12)13-11(15)9-4-3-8(16-2)5-10(9)14/h3-5,7,14H,6H2,1-2H3,(H,13,15). The summed E-state index contributed by atoms with van der Waals surface area (Å²) in [6, 6.07) is 4.58. The van der Waals surface area contributed by atoms with Gasteiger partial charge in [-0.2, -0.15) is 0 Å². The van der Waals surface area contributed by atoms with Crippen molar-refractivity contribution in [1.82, 2.24) is 5.32 Å². The lowest BCUT2D eigenvalue weighted by molar-refractivity contribution is 0.0941. The van der Waals surface area contributed by atoms with Crippen molar-refractivity contribution in [1.29, 1.82) is 0 Å². The number of nitrogens with one attached hydrogen (secondary N) is 1. The van der Waals surface area contributed by atoms with Crippen molar-refractivity contribution >= 4 is 21.8 Å². The van der Waals surface area contributed by atoms with Gasteiger partial charge in [0.2, 0.25) is 0 Å². The molecule has 1 aromatic carbocycles. The first-order chi connectivity index (χ1) is 7.58. The Morgan fingerprint density at radius 1 is 1.62 bits per heavy atom. The Bertz CT molecular complexity index is 381. The summed E-state index contributed by atoms with van der Waals surface area (Å²) in [5, 5.41) is 13.0. The predicted octanol–water partition coefficient (Wildman–Crippen LogP) is 1.91.